The van der Waals surface area contributed by atoms with E-state index in [4.69, 9.17) is 0 Å². The fourth-order valence-electron chi connectivity index (χ4n) is 1.52. The molecule has 0 heterocycles. The Kier molecular flexibility index (Phi) is 6.30. The van der Waals surface area contributed by atoms with Crippen molar-refractivity contribution in [2.24, 2.45) is 0 Å². The minimum absolute atomic E-state index is 0. The fraction of sp³-hybridized carbons (Fsp3) is 0.417. The molecule has 1 rings (SSSR count). The Hall–Kier alpha value is -0.206. The molecule has 0 fully saturated rings. The molecule has 0 aliphatic carbocycles. The molecule has 1 radical (unpaired) electrons. The van der Waals surface area contributed by atoms with E-state index in [9.17, 15) is 9.90 Å². The Labute approximate surface area is 116 Å². The first kappa shape index (κ1) is 14.8. The number of carboxylic acids is 1. The van der Waals surface area contributed by atoms with Crippen LogP contribution in [0.25, 0.3) is 0 Å². The number of carbonyl (C=O) groups is 1. The number of aliphatic carboxylic acids is 1. The third-order valence-electron chi connectivity index (χ3n) is 2.60. The van der Waals surface area contributed by atoms with Gasteiger partial charge < -0.3 is 9.90 Å². The van der Waals surface area contributed by atoms with E-state index < -0.39 is 5.97 Å². The standard InChI is InChI=1S/C12H16O2.Y/c1-8-6-11(4-5-12(13)14)7-9(2)10(8)3;/h6-7H,4-5H2,1-3H3,(H,13,14);/p-1. The maximum atomic E-state index is 10.3. The minimum Gasteiger partial charge on any atom is -0.550 e. The van der Waals surface area contributed by atoms with E-state index in [2.05, 4.69) is 6.92 Å². The van der Waals surface area contributed by atoms with Crippen molar-refractivity contribution >= 4 is 5.97 Å². The van der Waals surface area contributed by atoms with Crippen molar-refractivity contribution in [2.45, 2.75) is 33.6 Å². The zero-order valence-corrected chi connectivity index (χ0v) is 12.3. The average Bonchev–Trinajstić information content (AvgIpc) is 2.10. The van der Waals surface area contributed by atoms with Crippen LogP contribution in [0.1, 0.15) is 28.7 Å². The summed E-state index contributed by atoms with van der Waals surface area (Å²) in [5.74, 6) is -0.985. The number of benzene rings is 1. The molecule has 0 spiro atoms. The van der Waals surface area contributed by atoms with Crippen molar-refractivity contribution in [3.8, 4) is 0 Å². The van der Waals surface area contributed by atoms with Crippen LogP contribution >= 0.6 is 0 Å². The predicted octanol–water partition coefficient (Wildman–Crippen LogP) is 1.29. The van der Waals surface area contributed by atoms with Crippen molar-refractivity contribution in [3.05, 3.63) is 34.4 Å². The van der Waals surface area contributed by atoms with Gasteiger partial charge in [-0.3, -0.25) is 0 Å². The molecule has 0 unspecified atom stereocenters. The number of aryl methyl sites for hydroxylation is 3. The van der Waals surface area contributed by atoms with E-state index in [0.717, 1.165) is 5.56 Å². The van der Waals surface area contributed by atoms with Gasteiger partial charge in [0, 0.05) is 38.7 Å². The minimum atomic E-state index is -0.985. The van der Waals surface area contributed by atoms with Crippen LogP contribution in [-0.4, -0.2) is 5.97 Å². The number of carbonyl (C=O) groups excluding carboxylic acids is 1. The normalized spacial score (nSPS) is 9.53. The summed E-state index contributed by atoms with van der Waals surface area (Å²) in [6.45, 7) is 6.17. The Morgan fingerprint density at radius 3 is 2.07 bits per heavy atom. The molecule has 0 amide bonds. The van der Waals surface area contributed by atoms with Gasteiger partial charge in [0.05, 0.1) is 0 Å². The van der Waals surface area contributed by atoms with Crippen molar-refractivity contribution < 1.29 is 42.6 Å². The molecule has 0 aliphatic heterocycles. The molecule has 0 saturated heterocycles. The van der Waals surface area contributed by atoms with Crippen LogP contribution in [0.3, 0.4) is 0 Å². The van der Waals surface area contributed by atoms with E-state index in [-0.39, 0.29) is 39.1 Å². The summed E-state index contributed by atoms with van der Waals surface area (Å²) >= 11 is 0. The van der Waals surface area contributed by atoms with Crippen LogP contribution in [0, 0.1) is 20.8 Å². The molecule has 0 N–H and O–H groups in total. The predicted molar refractivity (Wildman–Crippen MR) is 54.0 cm³/mol. The molecule has 0 bridgehead atoms. The Morgan fingerprint density at radius 1 is 1.20 bits per heavy atom. The van der Waals surface area contributed by atoms with Gasteiger partial charge in [-0.15, -0.1) is 0 Å². The molecule has 15 heavy (non-hydrogen) atoms. The van der Waals surface area contributed by atoms with E-state index in [0.29, 0.717) is 6.42 Å². The SMILES string of the molecule is Cc1cc(CCC(=O)[O-])cc(C)c1C.[Y]. The van der Waals surface area contributed by atoms with E-state index in [1.54, 1.807) is 0 Å². The van der Waals surface area contributed by atoms with Crippen molar-refractivity contribution in [2.75, 3.05) is 0 Å². The molecular formula is C12H15O2Y-. The summed E-state index contributed by atoms with van der Waals surface area (Å²) in [6, 6.07) is 4.09. The summed E-state index contributed by atoms with van der Waals surface area (Å²) < 4.78 is 0. The molecule has 1 aromatic rings. The van der Waals surface area contributed by atoms with Crippen LogP contribution in [-0.2, 0) is 43.9 Å². The van der Waals surface area contributed by atoms with Crippen LogP contribution in [0.5, 0.6) is 0 Å². The van der Waals surface area contributed by atoms with Gasteiger partial charge in [0.2, 0.25) is 0 Å². The van der Waals surface area contributed by atoms with E-state index >= 15 is 0 Å². The van der Waals surface area contributed by atoms with Gasteiger partial charge in [0.1, 0.15) is 0 Å². The average molecular weight is 280 g/mol. The zero-order chi connectivity index (χ0) is 10.7. The molecule has 3 heteroatoms. The van der Waals surface area contributed by atoms with Gasteiger partial charge in [0.25, 0.3) is 0 Å². The fourth-order valence-corrected chi connectivity index (χ4v) is 1.52. The molecule has 1 aromatic carbocycles. The molecule has 0 aliphatic rings. The summed E-state index contributed by atoms with van der Waals surface area (Å²) in [4.78, 5) is 10.3. The first-order valence-corrected chi connectivity index (χ1v) is 4.77. The van der Waals surface area contributed by atoms with Gasteiger partial charge in [-0.1, -0.05) is 12.1 Å². The second-order valence-corrected chi connectivity index (χ2v) is 3.73. The maximum absolute atomic E-state index is 10.3. The van der Waals surface area contributed by atoms with E-state index in [1.165, 1.54) is 16.7 Å². The summed E-state index contributed by atoms with van der Waals surface area (Å²) in [5.41, 5.74) is 4.80. The Balaban J connectivity index is 0.00000196. The monoisotopic (exact) mass is 280 g/mol. The van der Waals surface area contributed by atoms with Crippen LogP contribution < -0.4 is 5.11 Å². The summed E-state index contributed by atoms with van der Waals surface area (Å²) in [5, 5.41) is 10.3. The Bertz CT molecular complexity index is 336. The van der Waals surface area contributed by atoms with Crippen molar-refractivity contribution in [1.82, 2.24) is 0 Å². The van der Waals surface area contributed by atoms with E-state index in [1.807, 2.05) is 26.0 Å². The first-order valence-electron chi connectivity index (χ1n) is 4.77. The summed E-state index contributed by atoms with van der Waals surface area (Å²) in [6.07, 6.45) is 0.659. The molecule has 79 valence electrons. The number of rotatable bonds is 3. The third kappa shape index (κ3) is 4.44. The van der Waals surface area contributed by atoms with Crippen LogP contribution in [0.2, 0.25) is 0 Å². The number of carboxylic acid groups (broad SMARTS) is 1. The number of hydrogen-bond donors (Lipinski definition) is 0. The second-order valence-electron chi connectivity index (χ2n) is 3.73. The third-order valence-corrected chi connectivity index (χ3v) is 2.60. The van der Waals surface area contributed by atoms with Crippen LogP contribution in [0.4, 0.5) is 0 Å². The van der Waals surface area contributed by atoms with Gasteiger partial charge in [0.15, 0.2) is 0 Å². The summed E-state index contributed by atoms with van der Waals surface area (Å²) in [7, 11) is 0. The van der Waals surface area contributed by atoms with Crippen molar-refractivity contribution in [3.63, 3.8) is 0 Å². The number of hydrogen-bond acceptors (Lipinski definition) is 2. The van der Waals surface area contributed by atoms with Crippen LogP contribution in [0.15, 0.2) is 12.1 Å². The molecule has 2 nitrogen and oxygen atoms in total. The smallest absolute Gasteiger partial charge is 0.0417 e. The Morgan fingerprint density at radius 2 is 1.67 bits per heavy atom. The largest absolute Gasteiger partial charge is 0.550 e. The van der Waals surface area contributed by atoms with Gasteiger partial charge in [-0.25, -0.2) is 0 Å². The van der Waals surface area contributed by atoms with Gasteiger partial charge in [-0.2, -0.15) is 0 Å². The quantitative estimate of drug-likeness (QED) is 0.837. The first-order chi connectivity index (χ1) is 6.50. The maximum Gasteiger partial charge on any atom is 0.0417 e. The van der Waals surface area contributed by atoms with Gasteiger partial charge in [-0.05, 0) is 55.9 Å². The molecule has 0 aromatic heterocycles. The topological polar surface area (TPSA) is 40.1 Å². The van der Waals surface area contributed by atoms with Crippen molar-refractivity contribution in [1.29, 1.82) is 0 Å². The second kappa shape index (κ2) is 6.39. The molecular weight excluding hydrogens is 265 g/mol. The molecule has 0 atom stereocenters. The zero-order valence-electron chi connectivity index (χ0n) is 9.46. The van der Waals surface area contributed by atoms with Gasteiger partial charge >= 0.3 is 0 Å². The molecule has 0 saturated carbocycles.